The summed E-state index contributed by atoms with van der Waals surface area (Å²) in [6.07, 6.45) is 9.29. The number of hydrogen-bond acceptors (Lipinski definition) is 8. The minimum absolute atomic E-state index is 0.118. The zero-order chi connectivity index (χ0) is 39.8. The topological polar surface area (TPSA) is 165 Å². The number of carbonyl (C=O) groups excluding carboxylic acids is 3. The molecule has 3 aliphatic rings. The second-order valence-corrected chi connectivity index (χ2v) is 13.1. The molecule has 0 bridgehead atoms. The summed E-state index contributed by atoms with van der Waals surface area (Å²) >= 11 is 6.23. The van der Waals surface area contributed by atoms with Crippen LogP contribution in [0.15, 0.2) is 16.9 Å². The van der Waals surface area contributed by atoms with E-state index in [-0.39, 0.29) is 53.9 Å². The van der Waals surface area contributed by atoms with Crippen molar-refractivity contribution in [2.24, 2.45) is 5.73 Å². The van der Waals surface area contributed by atoms with Gasteiger partial charge in [0.25, 0.3) is 5.56 Å². The highest BCUT2D eigenvalue weighted by Crippen LogP contribution is 2.43. The largest absolute Gasteiger partial charge is 0.458 e. The van der Waals surface area contributed by atoms with Crippen molar-refractivity contribution in [2.45, 2.75) is 132 Å². The van der Waals surface area contributed by atoms with Gasteiger partial charge in [-0.05, 0) is 36.5 Å². The summed E-state index contributed by atoms with van der Waals surface area (Å²) in [6, 6.07) is 2.97. The first-order valence-corrected chi connectivity index (χ1v) is 19.4. The lowest BCUT2D eigenvalue weighted by molar-refractivity contribution is -0.157. The number of carbonyl (C=O) groups is 3. The smallest absolute Gasteiger partial charge is 0.340 e. The Balaban J connectivity index is 0.000000337. The van der Waals surface area contributed by atoms with Crippen molar-refractivity contribution < 1.29 is 33.7 Å². The van der Waals surface area contributed by atoms with Crippen LogP contribution in [0.2, 0.25) is 5.02 Å². The number of esters is 1. The number of benzene rings is 1. The molecule has 4 heterocycles. The second kappa shape index (κ2) is 22.4. The molecule has 294 valence electrons. The van der Waals surface area contributed by atoms with Gasteiger partial charge in [-0.25, -0.2) is 14.2 Å². The summed E-state index contributed by atoms with van der Waals surface area (Å²) in [5.74, 6) is -2.02. The van der Waals surface area contributed by atoms with Crippen LogP contribution >= 0.6 is 11.6 Å². The van der Waals surface area contributed by atoms with Crippen LogP contribution in [0.3, 0.4) is 0 Å². The molecule has 0 saturated carbocycles. The third-order valence-corrected chi connectivity index (χ3v) is 9.40. The van der Waals surface area contributed by atoms with Gasteiger partial charge in [-0.2, -0.15) is 0 Å². The Labute approximate surface area is 317 Å². The van der Waals surface area contributed by atoms with Crippen molar-refractivity contribution in [3.8, 4) is 11.4 Å². The number of fused-ring (bicyclic) bond motifs is 5. The van der Waals surface area contributed by atoms with Crippen molar-refractivity contribution in [1.29, 1.82) is 0 Å². The molecule has 4 N–H and O–H groups in total. The fraction of sp³-hybridized carbons (Fsp3) is 0.575. The molecule has 0 radical (unpaired) electrons. The number of nitrogens with zero attached hydrogens (tertiary/aromatic N) is 3. The van der Waals surface area contributed by atoms with Crippen LogP contribution in [-0.4, -0.2) is 62.1 Å². The lowest BCUT2D eigenvalue weighted by Gasteiger charge is -2.21. The van der Waals surface area contributed by atoms with Gasteiger partial charge in [0.1, 0.15) is 12.4 Å². The van der Waals surface area contributed by atoms with Gasteiger partial charge in [0.05, 0.1) is 47.2 Å². The Kier molecular flexibility index (Phi) is 19.1. The monoisotopic (exact) mass is 760 g/mol. The molecule has 2 aliphatic heterocycles. The molecule has 0 saturated heterocycles. The van der Waals surface area contributed by atoms with E-state index in [0.29, 0.717) is 36.3 Å². The number of aryl methyl sites for hydroxylation is 2. The van der Waals surface area contributed by atoms with Crippen LogP contribution in [-0.2, 0) is 45.1 Å². The molecule has 0 fully saturated rings. The molecule has 3 aromatic rings. The molecule has 1 aliphatic carbocycles. The van der Waals surface area contributed by atoms with Gasteiger partial charge in [-0.1, -0.05) is 98.6 Å². The van der Waals surface area contributed by atoms with Crippen LogP contribution in [0.25, 0.3) is 22.3 Å². The van der Waals surface area contributed by atoms with Gasteiger partial charge in [-0.3, -0.25) is 14.4 Å². The molecule has 1 aromatic carbocycles. The molecule has 11 nitrogen and oxygen atoms in total. The van der Waals surface area contributed by atoms with E-state index in [1.165, 1.54) is 49.5 Å². The second-order valence-electron chi connectivity index (χ2n) is 12.7. The molecule has 0 spiro atoms. The average molecular weight is 761 g/mol. The summed E-state index contributed by atoms with van der Waals surface area (Å²) in [7, 11) is 0. The lowest BCUT2D eigenvalue weighted by atomic mass is 9.87. The maximum Gasteiger partial charge on any atom is 0.340 e. The molecular weight excluding hydrogens is 703 g/mol. The van der Waals surface area contributed by atoms with E-state index in [1.807, 2.05) is 13.8 Å². The van der Waals surface area contributed by atoms with Gasteiger partial charge >= 0.3 is 5.97 Å². The number of unbranched alkanes of at least 4 members (excludes halogenated alkanes) is 4. The van der Waals surface area contributed by atoms with Crippen molar-refractivity contribution in [3.05, 3.63) is 61.1 Å². The Morgan fingerprint density at radius 1 is 1.00 bits per heavy atom. The minimum Gasteiger partial charge on any atom is -0.458 e. The number of amides is 2. The number of aliphatic hydroxyl groups is 2. The third-order valence-electron chi connectivity index (χ3n) is 8.99. The van der Waals surface area contributed by atoms with Crippen molar-refractivity contribution in [3.63, 3.8) is 0 Å². The first-order valence-electron chi connectivity index (χ1n) is 19.0. The molecule has 13 heteroatoms. The van der Waals surface area contributed by atoms with E-state index < -0.39 is 23.8 Å². The maximum absolute atomic E-state index is 14.4. The van der Waals surface area contributed by atoms with Crippen LogP contribution in [0.4, 0.5) is 4.39 Å². The molecule has 1 unspecified atom stereocenters. The van der Waals surface area contributed by atoms with E-state index in [1.54, 1.807) is 17.6 Å². The summed E-state index contributed by atoms with van der Waals surface area (Å²) in [5.41, 5.74) is 9.49. The SMILES string of the molecule is CC.CCC(=O)N(CCO)CC(N)=O.CCCCC.CCCCC.O=C1OCc2c(cc3n(c2=O)Cc2c-3nc3cc(F)c(Cl)c4c3c2CCC4)C1O. The number of cyclic esters (lactones) is 1. The molecule has 53 heavy (non-hydrogen) atoms. The Hall–Kier alpha value is -3.87. The van der Waals surface area contributed by atoms with Crippen LogP contribution in [0.5, 0.6) is 0 Å². The number of nitrogens with two attached hydrogens (primary N) is 1. The first kappa shape index (κ1) is 45.3. The normalized spacial score (nSPS) is 14.2. The molecule has 2 aromatic heterocycles. The quantitative estimate of drug-likeness (QED) is 0.155. The van der Waals surface area contributed by atoms with E-state index in [2.05, 4.69) is 32.7 Å². The van der Waals surface area contributed by atoms with Crippen LogP contribution in [0, 0.1) is 5.82 Å². The third kappa shape index (κ3) is 11.1. The Bertz CT molecular complexity index is 1770. The van der Waals surface area contributed by atoms with Crippen molar-refractivity contribution in [1.82, 2.24) is 14.5 Å². The number of ether oxygens (including phenoxy) is 1. The molecule has 1 atom stereocenters. The van der Waals surface area contributed by atoms with E-state index >= 15 is 0 Å². The van der Waals surface area contributed by atoms with Gasteiger partial charge < -0.3 is 30.2 Å². The number of halogens is 2. The molecule has 6 rings (SSSR count). The maximum atomic E-state index is 14.4. The summed E-state index contributed by atoms with van der Waals surface area (Å²) < 4.78 is 20.9. The van der Waals surface area contributed by atoms with E-state index in [9.17, 15) is 28.7 Å². The highest BCUT2D eigenvalue weighted by molar-refractivity contribution is 6.32. The number of pyridine rings is 2. The average Bonchev–Trinajstić information content (AvgIpc) is 3.53. The fourth-order valence-electron chi connectivity index (χ4n) is 6.39. The number of primary amides is 1. The highest BCUT2D eigenvalue weighted by atomic mass is 35.5. The van der Waals surface area contributed by atoms with Crippen molar-refractivity contribution >= 4 is 40.3 Å². The zero-order valence-electron chi connectivity index (χ0n) is 32.4. The zero-order valence-corrected chi connectivity index (χ0v) is 33.2. The van der Waals surface area contributed by atoms with Gasteiger partial charge in [0, 0.05) is 35.5 Å². The molecule has 2 amide bonds. The van der Waals surface area contributed by atoms with Gasteiger partial charge in [-0.15, -0.1) is 0 Å². The van der Waals surface area contributed by atoms with E-state index in [4.69, 9.17) is 27.2 Å². The van der Waals surface area contributed by atoms with Crippen molar-refractivity contribution in [2.75, 3.05) is 19.7 Å². The number of rotatable bonds is 9. The highest BCUT2D eigenvalue weighted by Gasteiger charge is 2.35. The van der Waals surface area contributed by atoms with Crippen LogP contribution < -0.4 is 11.3 Å². The fourth-order valence-corrected chi connectivity index (χ4v) is 6.64. The predicted molar refractivity (Wildman–Crippen MR) is 207 cm³/mol. The van der Waals surface area contributed by atoms with Gasteiger partial charge in [0.2, 0.25) is 11.8 Å². The minimum atomic E-state index is -1.50. The number of aromatic nitrogens is 2. The summed E-state index contributed by atoms with van der Waals surface area (Å²) in [4.78, 5) is 52.2. The molecular formula is C40H58ClFN4O7. The summed E-state index contributed by atoms with van der Waals surface area (Å²) in [6.45, 7) is 14.6. The Morgan fingerprint density at radius 3 is 2.13 bits per heavy atom. The standard InChI is InChI=1S/C21H14ClFN2O4.C7H14N2O3.2C5H12.C2H6/c22-17-9-3-1-2-8-11-6-25-15(18(11)24-14(16(8)9)5-13(17)23)4-10-12(20(25)27)7-29-21(28)19(10)26;1-2-7(12)9(3-4-10)5-6(8)11;2*1-3-5-4-2;1-2/h4-5,19,26H,1-3,6-7H2;10H,2-5H2,1H3,(H2,8,11);2*3-5H2,1-2H3;1-2H3. The predicted octanol–water partition coefficient (Wildman–Crippen LogP) is 6.92. The number of hydrogen-bond donors (Lipinski definition) is 3. The Morgan fingerprint density at radius 2 is 1.60 bits per heavy atom. The lowest BCUT2D eigenvalue weighted by Crippen LogP contribution is -2.39. The van der Waals surface area contributed by atoms with Crippen LogP contribution in [0.1, 0.15) is 134 Å². The summed E-state index contributed by atoms with van der Waals surface area (Å²) in [5, 5.41) is 19.8. The van der Waals surface area contributed by atoms with Gasteiger partial charge in [0.15, 0.2) is 6.10 Å². The van der Waals surface area contributed by atoms with E-state index in [0.717, 1.165) is 34.9 Å². The number of aliphatic hydroxyl groups excluding tert-OH is 2. The first-order chi connectivity index (χ1) is 25.4.